The quantitative estimate of drug-likeness (QED) is 0.873. The average molecular weight is 303 g/mol. The molecule has 20 heavy (non-hydrogen) atoms. The second kappa shape index (κ2) is 6.06. The molecule has 0 aliphatic carbocycles. The molecule has 1 aliphatic heterocycles. The molecule has 0 saturated carbocycles. The fourth-order valence-corrected chi connectivity index (χ4v) is 2.00. The number of amides is 2. The molecule has 1 atom stereocenters. The van der Waals surface area contributed by atoms with Crippen LogP contribution in [0.4, 0.5) is 14.9 Å². The van der Waals surface area contributed by atoms with Crippen molar-refractivity contribution in [2.24, 2.45) is 0 Å². The van der Waals surface area contributed by atoms with Gasteiger partial charge in [0.15, 0.2) is 6.04 Å². The fourth-order valence-electron chi connectivity index (χ4n) is 1.82. The van der Waals surface area contributed by atoms with E-state index >= 15 is 0 Å². The molecule has 108 valence electrons. The average Bonchev–Trinajstić information content (AvgIpc) is 2.43. The molecule has 1 fully saturated rings. The Labute approximate surface area is 119 Å². The van der Waals surface area contributed by atoms with E-state index in [9.17, 15) is 14.0 Å². The molecular weight excluding hydrogens is 291 g/mol. The zero-order chi connectivity index (χ0) is 14.7. The van der Waals surface area contributed by atoms with Gasteiger partial charge in [0, 0.05) is 12.2 Å². The number of morpholine rings is 1. The number of halogens is 2. The topological polar surface area (TPSA) is 78.9 Å². The Balaban J connectivity index is 2.09. The SMILES string of the molecule is O=C(O)C1COCCN1C(=O)Nc1ccc(F)c(Cl)c1. The predicted molar refractivity (Wildman–Crippen MR) is 69.4 cm³/mol. The first-order chi connectivity index (χ1) is 9.49. The number of benzene rings is 1. The molecule has 1 aromatic carbocycles. The van der Waals surface area contributed by atoms with Crippen molar-refractivity contribution in [3.05, 3.63) is 29.0 Å². The van der Waals surface area contributed by atoms with Gasteiger partial charge in [-0.1, -0.05) is 11.6 Å². The molecule has 0 spiro atoms. The van der Waals surface area contributed by atoms with Crippen LogP contribution in [0.15, 0.2) is 18.2 Å². The van der Waals surface area contributed by atoms with Crippen LogP contribution in [0.1, 0.15) is 0 Å². The molecule has 1 aromatic rings. The summed E-state index contributed by atoms with van der Waals surface area (Å²) in [6.07, 6.45) is 0. The van der Waals surface area contributed by atoms with Crippen LogP contribution in [0, 0.1) is 5.82 Å². The Morgan fingerprint density at radius 2 is 2.25 bits per heavy atom. The van der Waals surface area contributed by atoms with Crippen molar-refractivity contribution in [2.45, 2.75) is 6.04 Å². The minimum Gasteiger partial charge on any atom is -0.480 e. The summed E-state index contributed by atoms with van der Waals surface area (Å²) in [5.41, 5.74) is 0.289. The van der Waals surface area contributed by atoms with Crippen LogP contribution < -0.4 is 5.32 Å². The van der Waals surface area contributed by atoms with E-state index in [1.807, 2.05) is 0 Å². The third-order valence-corrected chi connectivity index (χ3v) is 3.13. The lowest BCUT2D eigenvalue weighted by Crippen LogP contribution is -2.53. The van der Waals surface area contributed by atoms with E-state index in [-0.39, 0.29) is 30.5 Å². The Kier molecular flexibility index (Phi) is 4.41. The number of carboxylic acid groups (broad SMARTS) is 1. The van der Waals surface area contributed by atoms with Gasteiger partial charge in [-0.2, -0.15) is 0 Å². The molecule has 2 N–H and O–H groups in total. The third kappa shape index (κ3) is 3.17. The van der Waals surface area contributed by atoms with Gasteiger partial charge in [0.25, 0.3) is 0 Å². The second-order valence-electron chi connectivity index (χ2n) is 4.18. The van der Waals surface area contributed by atoms with Gasteiger partial charge >= 0.3 is 12.0 Å². The summed E-state index contributed by atoms with van der Waals surface area (Å²) in [5, 5.41) is 11.4. The molecule has 1 aliphatic rings. The number of nitrogens with one attached hydrogen (secondary N) is 1. The van der Waals surface area contributed by atoms with E-state index in [1.165, 1.54) is 12.1 Å². The monoisotopic (exact) mass is 302 g/mol. The first-order valence-electron chi connectivity index (χ1n) is 5.82. The van der Waals surface area contributed by atoms with Crippen LogP contribution >= 0.6 is 11.6 Å². The molecule has 0 radical (unpaired) electrons. The number of carboxylic acids is 1. The summed E-state index contributed by atoms with van der Waals surface area (Å²) in [6.45, 7) is 0.367. The zero-order valence-electron chi connectivity index (χ0n) is 10.3. The highest BCUT2D eigenvalue weighted by molar-refractivity contribution is 6.31. The maximum absolute atomic E-state index is 13.0. The minimum absolute atomic E-state index is 0.0626. The normalized spacial score (nSPS) is 18.7. The van der Waals surface area contributed by atoms with Crippen molar-refractivity contribution in [1.82, 2.24) is 4.90 Å². The first-order valence-corrected chi connectivity index (χ1v) is 6.20. The molecule has 0 bridgehead atoms. The van der Waals surface area contributed by atoms with Gasteiger partial charge < -0.3 is 20.1 Å². The molecule has 2 rings (SSSR count). The van der Waals surface area contributed by atoms with Gasteiger partial charge in [-0.3, -0.25) is 0 Å². The van der Waals surface area contributed by atoms with Gasteiger partial charge in [0.2, 0.25) is 0 Å². The zero-order valence-corrected chi connectivity index (χ0v) is 11.1. The van der Waals surface area contributed by atoms with E-state index in [0.717, 1.165) is 11.0 Å². The molecule has 1 heterocycles. The number of ether oxygens (including phenoxy) is 1. The summed E-state index contributed by atoms with van der Waals surface area (Å²) in [5.74, 6) is -1.74. The van der Waals surface area contributed by atoms with Gasteiger partial charge in [-0.25, -0.2) is 14.0 Å². The molecule has 6 nitrogen and oxygen atoms in total. The number of urea groups is 1. The Morgan fingerprint density at radius 1 is 1.50 bits per heavy atom. The van der Waals surface area contributed by atoms with Gasteiger partial charge in [0.1, 0.15) is 5.82 Å². The highest BCUT2D eigenvalue weighted by Crippen LogP contribution is 2.20. The third-order valence-electron chi connectivity index (χ3n) is 2.85. The Hall–Kier alpha value is -1.86. The lowest BCUT2D eigenvalue weighted by atomic mass is 10.2. The van der Waals surface area contributed by atoms with Crippen LogP contribution in [0.3, 0.4) is 0 Å². The molecule has 1 unspecified atom stereocenters. The minimum atomic E-state index is -1.14. The lowest BCUT2D eigenvalue weighted by Gasteiger charge is -2.32. The maximum atomic E-state index is 13.0. The molecular formula is C12H12ClFN2O4. The maximum Gasteiger partial charge on any atom is 0.328 e. The summed E-state index contributed by atoms with van der Waals surface area (Å²) in [4.78, 5) is 24.2. The first kappa shape index (κ1) is 14.5. The van der Waals surface area contributed by atoms with Crippen molar-refractivity contribution in [2.75, 3.05) is 25.1 Å². The van der Waals surface area contributed by atoms with E-state index in [0.29, 0.717) is 0 Å². The van der Waals surface area contributed by atoms with E-state index < -0.39 is 23.9 Å². The van der Waals surface area contributed by atoms with Gasteiger partial charge in [-0.15, -0.1) is 0 Å². The summed E-state index contributed by atoms with van der Waals surface area (Å²) < 4.78 is 18.0. The highest BCUT2D eigenvalue weighted by Gasteiger charge is 2.32. The number of aliphatic carboxylic acids is 1. The summed E-state index contributed by atoms with van der Waals surface area (Å²) in [6, 6.07) is 2.08. The number of hydrogen-bond donors (Lipinski definition) is 2. The Morgan fingerprint density at radius 3 is 2.90 bits per heavy atom. The van der Waals surface area contributed by atoms with Gasteiger partial charge in [0.05, 0.1) is 18.2 Å². The van der Waals surface area contributed by atoms with E-state index in [4.69, 9.17) is 21.4 Å². The van der Waals surface area contributed by atoms with Crippen LogP contribution in [0.2, 0.25) is 5.02 Å². The van der Waals surface area contributed by atoms with Crippen LogP contribution in [-0.2, 0) is 9.53 Å². The lowest BCUT2D eigenvalue weighted by molar-refractivity contribution is -0.147. The molecule has 8 heteroatoms. The number of nitrogens with zero attached hydrogens (tertiary/aromatic N) is 1. The van der Waals surface area contributed by atoms with Crippen LogP contribution in [0.25, 0.3) is 0 Å². The number of rotatable bonds is 2. The highest BCUT2D eigenvalue weighted by atomic mass is 35.5. The molecule has 1 saturated heterocycles. The largest absolute Gasteiger partial charge is 0.480 e. The predicted octanol–water partition coefficient (Wildman–Crippen LogP) is 1.80. The van der Waals surface area contributed by atoms with Crippen molar-refractivity contribution in [3.63, 3.8) is 0 Å². The fraction of sp³-hybridized carbons (Fsp3) is 0.333. The van der Waals surface area contributed by atoms with E-state index in [2.05, 4.69) is 5.32 Å². The molecule has 0 aromatic heterocycles. The van der Waals surface area contributed by atoms with Crippen LogP contribution in [0.5, 0.6) is 0 Å². The van der Waals surface area contributed by atoms with Crippen LogP contribution in [-0.4, -0.2) is 47.8 Å². The van der Waals surface area contributed by atoms with E-state index in [1.54, 1.807) is 0 Å². The second-order valence-corrected chi connectivity index (χ2v) is 4.59. The van der Waals surface area contributed by atoms with Crippen molar-refractivity contribution < 1.29 is 23.8 Å². The number of hydrogen-bond acceptors (Lipinski definition) is 3. The molecule has 2 amide bonds. The van der Waals surface area contributed by atoms with Gasteiger partial charge in [-0.05, 0) is 18.2 Å². The summed E-state index contributed by atoms with van der Waals surface area (Å²) >= 11 is 5.61. The number of carbonyl (C=O) groups excluding carboxylic acids is 1. The van der Waals surface area contributed by atoms with Crippen molar-refractivity contribution in [1.29, 1.82) is 0 Å². The number of carbonyl (C=O) groups is 2. The standard InChI is InChI=1S/C12H12ClFN2O4/c13-8-5-7(1-2-9(8)14)15-12(19)16-3-4-20-6-10(16)11(17)18/h1-2,5,10H,3-4,6H2,(H,15,19)(H,17,18). The number of anilines is 1. The Bertz CT molecular complexity index is 540. The smallest absolute Gasteiger partial charge is 0.328 e. The van der Waals surface area contributed by atoms with Crippen molar-refractivity contribution in [3.8, 4) is 0 Å². The summed E-state index contributed by atoms with van der Waals surface area (Å²) in [7, 11) is 0. The van der Waals surface area contributed by atoms with Crippen molar-refractivity contribution >= 4 is 29.3 Å².